The summed E-state index contributed by atoms with van der Waals surface area (Å²) in [6, 6.07) is 9.88. The summed E-state index contributed by atoms with van der Waals surface area (Å²) in [7, 11) is 0. The molecule has 1 amide bonds. The molecule has 2 aromatic rings. The fraction of sp³-hybridized carbons (Fsp3) is 0.118. The van der Waals surface area contributed by atoms with Gasteiger partial charge in [0.15, 0.2) is 11.5 Å². The lowest BCUT2D eigenvalue weighted by molar-refractivity contribution is -0.136. The number of anilines is 1. The molecule has 1 N–H and O–H groups in total. The SMILES string of the molecule is O=C(/C=C/c1ccc2c(c1)OCO2)Nc1ccccc1C(F)(F)F. The fourth-order valence-electron chi connectivity index (χ4n) is 2.20. The van der Waals surface area contributed by atoms with Gasteiger partial charge in [0.25, 0.3) is 0 Å². The summed E-state index contributed by atoms with van der Waals surface area (Å²) in [4.78, 5) is 11.9. The number of ether oxygens (including phenoxy) is 2. The van der Waals surface area contributed by atoms with Gasteiger partial charge in [-0.3, -0.25) is 4.79 Å². The molecule has 124 valence electrons. The number of hydrogen-bond donors (Lipinski definition) is 1. The third-order valence-electron chi connectivity index (χ3n) is 3.31. The van der Waals surface area contributed by atoms with E-state index in [2.05, 4.69) is 5.32 Å². The van der Waals surface area contributed by atoms with Crippen LogP contribution in [-0.4, -0.2) is 12.7 Å². The highest BCUT2D eigenvalue weighted by Gasteiger charge is 2.33. The van der Waals surface area contributed by atoms with Crippen molar-refractivity contribution in [3.63, 3.8) is 0 Å². The average molecular weight is 335 g/mol. The van der Waals surface area contributed by atoms with Crippen LogP contribution in [0.2, 0.25) is 0 Å². The number of alkyl halides is 3. The topological polar surface area (TPSA) is 47.6 Å². The molecule has 0 saturated carbocycles. The molecule has 0 atom stereocenters. The minimum Gasteiger partial charge on any atom is -0.454 e. The molecule has 1 aliphatic heterocycles. The van der Waals surface area contributed by atoms with Gasteiger partial charge in [-0.25, -0.2) is 0 Å². The number of carbonyl (C=O) groups is 1. The van der Waals surface area contributed by atoms with E-state index in [1.807, 2.05) is 0 Å². The first-order valence-electron chi connectivity index (χ1n) is 6.98. The smallest absolute Gasteiger partial charge is 0.418 e. The quantitative estimate of drug-likeness (QED) is 0.860. The van der Waals surface area contributed by atoms with E-state index >= 15 is 0 Å². The summed E-state index contributed by atoms with van der Waals surface area (Å²) in [5, 5.41) is 2.24. The second-order valence-electron chi connectivity index (χ2n) is 4.98. The third kappa shape index (κ3) is 3.51. The highest BCUT2D eigenvalue weighted by atomic mass is 19.4. The van der Waals surface area contributed by atoms with Gasteiger partial charge in [0, 0.05) is 6.08 Å². The van der Waals surface area contributed by atoms with Crippen molar-refractivity contribution in [2.24, 2.45) is 0 Å². The molecule has 1 aliphatic rings. The van der Waals surface area contributed by atoms with Gasteiger partial charge in [-0.1, -0.05) is 18.2 Å². The first-order valence-corrected chi connectivity index (χ1v) is 6.98. The molecule has 24 heavy (non-hydrogen) atoms. The molecule has 0 radical (unpaired) electrons. The van der Waals surface area contributed by atoms with Crippen LogP contribution in [0.4, 0.5) is 18.9 Å². The maximum absolute atomic E-state index is 12.9. The average Bonchev–Trinajstić information content (AvgIpc) is 3.00. The number of benzene rings is 2. The lowest BCUT2D eigenvalue weighted by Crippen LogP contribution is -2.14. The van der Waals surface area contributed by atoms with E-state index in [0.29, 0.717) is 17.1 Å². The van der Waals surface area contributed by atoms with Crippen LogP contribution in [0.1, 0.15) is 11.1 Å². The minimum absolute atomic E-state index is 0.136. The zero-order chi connectivity index (χ0) is 17.2. The first kappa shape index (κ1) is 15.9. The Labute approximate surface area is 135 Å². The Morgan fingerprint density at radius 2 is 1.83 bits per heavy atom. The highest BCUT2D eigenvalue weighted by molar-refractivity contribution is 6.02. The van der Waals surface area contributed by atoms with Crippen molar-refractivity contribution >= 4 is 17.7 Å². The molecular formula is C17H12F3NO3. The van der Waals surface area contributed by atoms with Crippen LogP contribution in [0, 0.1) is 0 Å². The van der Waals surface area contributed by atoms with Gasteiger partial charge in [-0.15, -0.1) is 0 Å². The van der Waals surface area contributed by atoms with Crippen molar-refractivity contribution in [1.29, 1.82) is 0 Å². The largest absolute Gasteiger partial charge is 0.454 e. The van der Waals surface area contributed by atoms with E-state index in [0.717, 1.165) is 12.1 Å². The van der Waals surface area contributed by atoms with Crippen LogP contribution in [0.15, 0.2) is 48.5 Å². The van der Waals surface area contributed by atoms with Crippen molar-refractivity contribution in [3.8, 4) is 11.5 Å². The van der Waals surface area contributed by atoms with E-state index in [4.69, 9.17) is 9.47 Å². The van der Waals surface area contributed by atoms with Crippen LogP contribution >= 0.6 is 0 Å². The third-order valence-corrected chi connectivity index (χ3v) is 3.31. The van der Waals surface area contributed by atoms with Crippen molar-refractivity contribution in [2.45, 2.75) is 6.18 Å². The number of para-hydroxylation sites is 1. The van der Waals surface area contributed by atoms with Gasteiger partial charge in [-0.05, 0) is 35.9 Å². The van der Waals surface area contributed by atoms with Gasteiger partial charge in [-0.2, -0.15) is 13.2 Å². The van der Waals surface area contributed by atoms with Crippen LogP contribution in [0.5, 0.6) is 11.5 Å². The van der Waals surface area contributed by atoms with E-state index in [1.165, 1.54) is 24.3 Å². The summed E-state index contributed by atoms with van der Waals surface area (Å²) < 4.78 is 49.0. The van der Waals surface area contributed by atoms with Crippen LogP contribution in [0.3, 0.4) is 0 Å². The maximum atomic E-state index is 12.9. The van der Waals surface area contributed by atoms with Gasteiger partial charge >= 0.3 is 6.18 Å². The highest BCUT2D eigenvalue weighted by Crippen LogP contribution is 2.35. The molecule has 0 saturated heterocycles. The molecule has 0 bridgehead atoms. The molecule has 7 heteroatoms. The van der Waals surface area contributed by atoms with Crippen molar-refractivity contribution < 1.29 is 27.4 Å². The van der Waals surface area contributed by atoms with Crippen LogP contribution in [0.25, 0.3) is 6.08 Å². The van der Waals surface area contributed by atoms with Crippen molar-refractivity contribution in [3.05, 3.63) is 59.7 Å². The monoisotopic (exact) mass is 335 g/mol. The molecular weight excluding hydrogens is 323 g/mol. The second-order valence-corrected chi connectivity index (χ2v) is 4.98. The minimum atomic E-state index is -4.54. The van der Waals surface area contributed by atoms with E-state index in [9.17, 15) is 18.0 Å². The summed E-state index contributed by atoms with van der Waals surface area (Å²) in [5.41, 5.74) is -0.515. The van der Waals surface area contributed by atoms with Gasteiger partial charge in [0.1, 0.15) is 0 Å². The lowest BCUT2D eigenvalue weighted by atomic mass is 10.1. The first-order chi connectivity index (χ1) is 11.4. The Kier molecular flexibility index (Phi) is 4.16. The second kappa shape index (κ2) is 6.27. The number of rotatable bonds is 3. The van der Waals surface area contributed by atoms with Crippen LogP contribution in [-0.2, 0) is 11.0 Å². The van der Waals surface area contributed by atoms with Crippen LogP contribution < -0.4 is 14.8 Å². The molecule has 0 fully saturated rings. The van der Waals surface area contributed by atoms with E-state index < -0.39 is 17.6 Å². The number of halogens is 3. The number of amides is 1. The Balaban J connectivity index is 1.72. The Morgan fingerprint density at radius 1 is 1.08 bits per heavy atom. The molecule has 0 spiro atoms. The van der Waals surface area contributed by atoms with E-state index in [-0.39, 0.29) is 12.5 Å². The van der Waals surface area contributed by atoms with Crippen molar-refractivity contribution in [1.82, 2.24) is 0 Å². The normalized spacial score (nSPS) is 13.3. The number of fused-ring (bicyclic) bond motifs is 1. The molecule has 4 nitrogen and oxygen atoms in total. The fourth-order valence-corrected chi connectivity index (χ4v) is 2.20. The molecule has 0 aromatic heterocycles. The number of nitrogens with one attached hydrogen (secondary N) is 1. The Bertz CT molecular complexity index is 800. The van der Waals surface area contributed by atoms with Gasteiger partial charge in [0.05, 0.1) is 11.3 Å². The summed E-state index contributed by atoms with van der Waals surface area (Å²) in [6.45, 7) is 0.136. The predicted molar refractivity (Wildman–Crippen MR) is 81.7 cm³/mol. The standard InChI is InChI=1S/C17H12F3NO3/c18-17(19,20)12-3-1-2-4-13(12)21-16(22)8-6-11-5-7-14-15(9-11)24-10-23-14/h1-9H,10H2,(H,21,22)/b8-6+. The summed E-state index contributed by atoms with van der Waals surface area (Å²) >= 11 is 0. The molecule has 0 aliphatic carbocycles. The molecule has 3 rings (SSSR count). The Hall–Kier alpha value is -2.96. The molecule has 1 heterocycles. The zero-order valence-electron chi connectivity index (χ0n) is 12.3. The van der Waals surface area contributed by atoms with Crippen molar-refractivity contribution in [2.75, 3.05) is 12.1 Å². The van der Waals surface area contributed by atoms with Gasteiger partial charge < -0.3 is 14.8 Å². The van der Waals surface area contributed by atoms with E-state index in [1.54, 1.807) is 18.2 Å². The molecule has 2 aromatic carbocycles. The number of carbonyl (C=O) groups excluding carboxylic acids is 1. The summed E-state index contributed by atoms with van der Waals surface area (Å²) in [6.07, 6.45) is -1.90. The Morgan fingerprint density at radius 3 is 2.62 bits per heavy atom. The maximum Gasteiger partial charge on any atom is 0.418 e. The number of hydrogen-bond acceptors (Lipinski definition) is 3. The zero-order valence-corrected chi connectivity index (χ0v) is 12.3. The predicted octanol–water partition coefficient (Wildman–Crippen LogP) is 4.09. The molecule has 0 unspecified atom stereocenters. The van der Waals surface area contributed by atoms with Gasteiger partial charge in [0.2, 0.25) is 12.7 Å². The summed E-state index contributed by atoms with van der Waals surface area (Å²) in [5.74, 6) is 0.500. The lowest BCUT2D eigenvalue weighted by Gasteiger charge is -2.12.